The average Bonchev–Trinajstić information content (AvgIpc) is 3.83. The Morgan fingerprint density at radius 2 is 1.38 bits per heavy atom. The van der Waals surface area contributed by atoms with Gasteiger partial charge in [-0.1, -0.05) is 24.3 Å². The summed E-state index contributed by atoms with van der Waals surface area (Å²) < 4.78 is 13.8. The number of carbonyl (C=O) groups is 2. The summed E-state index contributed by atoms with van der Waals surface area (Å²) in [5.41, 5.74) is 4.42. The van der Waals surface area contributed by atoms with Crippen LogP contribution in [0.15, 0.2) is 53.7 Å². The molecule has 0 bridgehead atoms. The van der Waals surface area contributed by atoms with E-state index in [-0.39, 0.29) is 24.3 Å². The smallest absolute Gasteiger partial charge is 0.410 e. The molecule has 6 heterocycles. The monoisotopic (exact) mass is 685 g/mol. The lowest BCUT2D eigenvalue weighted by Crippen LogP contribution is -2.42. The van der Waals surface area contributed by atoms with Gasteiger partial charge in [0.2, 0.25) is 0 Å². The van der Waals surface area contributed by atoms with Gasteiger partial charge in [0.05, 0.1) is 41.1 Å². The number of rotatable bonds is 5. The van der Waals surface area contributed by atoms with Crippen LogP contribution in [0.4, 0.5) is 9.59 Å². The second kappa shape index (κ2) is 12.5. The summed E-state index contributed by atoms with van der Waals surface area (Å²) in [7, 11) is 0. The Morgan fingerprint density at radius 1 is 0.812 bits per heavy atom. The van der Waals surface area contributed by atoms with Gasteiger partial charge in [0.25, 0.3) is 0 Å². The molecular weight excluding hydrogens is 643 g/mol. The minimum absolute atomic E-state index is 0.0245. The van der Waals surface area contributed by atoms with Crippen molar-refractivity contribution in [2.45, 2.75) is 90.5 Å². The fraction of sp³-hybridized carbons (Fsp3) is 0.459. The van der Waals surface area contributed by atoms with Crippen molar-refractivity contribution in [3.63, 3.8) is 0 Å². The second-order valence-corrected chi connectivity index (χ2v) is 17.0. The summed E-state index contributed by atoms with van der Waals surface area (Å²) in [6, 6.07) is 13.1. The van der Waals surface area contributed by atoms with Crippen LogP contribution in [0.5, 0.6) is 0 Å². The van der Waals surface area contributed by atoms with Gasteiger partial charge in [0, 0.05) is 27.4 Å². The van der Waals surface area contributed by atoms with Gasteiger partial charge in [-0.25, -0.2) is 14.6 Å². The Labute approximate surface area is 289 Å². The lowest BCUT2D eigenvalue weighted by Gasteiger charge is -2.28. The second-order valence-electron chi connectivity index (χ2n) is 14.8. The molecule has 0 aliphatic carbocycles. The topological polar surface area (TPSA) is 100 Å². The molecule has 0 unspecified atom stereocenters. The summed E-state index contributed by atoms with van der Waals surface area (Å²) in [4.78, 5) is 44.6. The number of thiophene rings is 2. The van der Waals surface area contributed by atoms with Gasteiger partial charge in [-0.05, 0) is 102 Å². The molecule has 4 aromatic rings. The van der Waals surface area contributed by atoms with E-state index in [9.17, 15) is 9.59 Å². The lowest BCUT2D eigenvalue weighted by molar-refractivity contribution is 0.0216. The molecule has 1 aromatic carbocycles. The summed E-state index contributed by atoms with van der Waals surface area (Å²) in [5.74, 6) is 0.810. The summed E-state index contributed by atoms with van der Waals surface area (Å²) in [6.07, 6.45) is 7.16. The molecular formula is C37H43N5O4S2. The molecule has 11 heteroatoms. The highest BCUT2D eigenvalue weighted by molar-refractivity contribution is 7.31. The van der Waals surface area contributed by atoms with Gasteiger partial charge in [0.1, 0.15) is 17.0 Å². The Morgan fingerprint density at radius 3 is 2.02 bits per heavy atom. The molecule has 3 aliphatic rings. The lowest BCUT2D eigenvalue weighted by atomic mass is 10.0. The van der Waals surface area contributed by atoms with Crippen LogP contribution in [-0.2, 0) is 9.47 Å². The number of carbonyl (C=O) groups excluding carboxylic acids is 2. The van der Waals surface area contributed by atoms with Gasteiger partial charge in [-0.2, -0.15) is 0 Å². The van der Waals surface area contributed by atoms with Crippen molar-refractivity contribution >= 4 is 55.5 Å². The molecule has 9 nitrogen and oxygen atoms in total. The maximum absolute atomic E-state index is 12.8. The van der Waals surface area contributed by atoms with E-state index >= 15 is 0 Å². The molecule has 1 N–H and O–H groups in total. The van der Waals surface area contributed by atoms with Crippen molar-refractivity contribution in [3.05, 3.63) is 60.1 Å². The number of fused-ring (bicyclic) bond motifs is 1. The molecule has 7 rings (SSSR count). The molecule has 0 radical (unpaired) electrons. The summed E-state index contributed by atoms with van der Waals surface area (Å²) >= 11 is 3.54. The maximum atomic E-state index is 12.8. The van der Waals surface area contributed by atoms with Crippen molar-refractivity contribution < 1.29 is 19.1 Å². The van der Waals surface area contributed by atoms with E-state index in [2.05, 4.69) is 52.4 Å². The van der Waals surface area contributed by atoms with Crippen LogP contribution in [0, 0.1) is 0 Å². The van der Waals surface area contributed by atoms with E-state index in [0.29, 0.717) is 19.6 Å². The summed E-state index contributed by atoms with van der Waals surface area (Å²) in [6.45, 7) is 13.4. The van der Waals surface area contributed by atoms with Crippen LogP contribution in [0.2, 0.25) is 0 Å². The van der Waals surface area contributed by atoms with Crippen molar-refractivity contribution in [1.29, 1.82) is 0 Å². The van der Waals surface area contributed by atoms with Crippen LogP contribution in [0.25, 0.3) is 36.0 Å². The minimum Gasteiger partial charge on any atom is -0.444 e. The molecule has 252 valence electrons. The van der Waals surface area contributed by atoms with E-state index in [1.807, 2.05) is 52.6 Å². The quantitative estimate of drug-likeness (QED) is 0.226. The average molecular weight is 686 g/mol. The highest BCUT2D eigenvalue weighted by Gasteiger charge is 2.36. The molecule has 2 amide bonds. The zero-order valence-electron chi connectivity index (χ0n) is 28.5. The predicted octanol–water partition coefficient (Wildman–Crippen LogP) is 9.33. The number of amides is 2. The van der Waals surface area contributed by atoms with Crippen LogP contribution in [0.3, 0.4) is 0 Å². The number of imidazole rings is 1. The third-order valence-electron chi connectivity index (χ3n) is 8.78. The molecule has 0 saturated carbocycles. The molecule has 3 aliphatic heterocycles. The number of hydrogen-bond acceptors (Lipinski definition) is 8. The van der Waals surface area contributed by atoms with Gasteiger partial charge in [0.15, 0.2) is 0 Å². The molecule has 2 saturated heterocycles. The van der Waals surface area contributed by atoms with Crippen LogP contribution in [0.1, 0.15) is 84.7 Å². The largest absolute Gasteiger partial charge is 0.444 e. The summed E-state index contributed by atoms with van der Waals surface area (Å²) in [5, 5.41) is 0. The van der Waals surface area contributed by atoms with Gasteiger partial charge in [-0.15, -0.1) is 22.7 Å². The molecule has 0 spiro atoms. The van der Waals surface area contributed by atoms with Crippen molar-refractivity contribution in [2.24, 2.45) is 4.99 Å². The van der Waals surface area contributed by atoms with E-state index in [0.717, 1.165) is 53.4 Å². The Hall–Kier alpha value is -3.96. The zero-order chi connectivity index (χ0) is 33.8. The number of benzene rings is 1. The number of ether oxygens (including phenoxy) is 2. The maximum Gasteiger partial charge on any atom is 0.410 e. The molecule has 3 aromatic heterocycles. The SMILES string of the molecule is CC(C)(C)OC(=O)N1CCC[C@H]1C1=NCC(c2ccc(-c3cc4sc(-c5cnc([C@@H]6CCCN6C(=O)OC(C)(C)C)[nH]5)cc4s3)cc2)=C1. The first-order valence-electron chi connectivity index (χ1n) is 16.7. The van der Waals surface area contributed by atoms with Crippen LogP contribution < -0.4 is 0 Å². The Bertz CT molecular complexity index is 1870. The molecule has 48 heavy (non-hydrogen) atoms. The van der Waals surface area contributed by atoms with Crippen LogP contribution in [-0.4, -0.2) is 74.5 Å². The van der Waals surface area contributed by atoms with Crippen molar-refractivity contribution in [2.75, 3.05) is 19.6 Å². The number of aromatic amines is 1. The van der Waals surface area contributed by atoms with Crippen LogP contribution >= 0.6 is 22.7 Å². The number of nitrogens with one attached hydrogen (secondary N) is 1. The number of hydrogen-bond donors (Lipinski definition) is 1. The van der Waals surface area contributed by atoms with Gasteiger partial charge in [-0.3, -0.25) is 14.8 Å². The first-order chi connectivity index (χ1) is 22.8. The van der Waals surface area contributed by atoms with E-state index in [4.69, 9.17) is 14.5 Å². The third-order valence-corrected chi connectivity index (χ3v) is 11.2. The fourth-order valence-electron chi connectivity index (χ4n) is 6.62. The number of nitrogens with zero attached hydrogens (tertiary/aromatic N) is 4. The Balaban J connectivity index is 1.01. The molecule has 2 atom stereocenters. The van der Waals surface area contributed by atoms with Crippen molar-refractivity contribution in [1.82, 2.24) is 19.8 Å². The minimum atomic E-state index is -0.530. The number of likely N-dealkylation sites (tertiary alicyclic amines) is 2. The molecule has 2 fully saturated rings. The van der Waals surface area contributed by atoms with Crippen molar-refractivity contribution in [3.8, 4) is 21.0 Å². The normalized spacial score (nSPS) is 20.0. The number of aliphatic imine (C=N–C) groups is 1. The van der Waals surface area contributed by atoms with E-state index in [1.54, 1.807) is 27.6 Å². The first-order valence-corrected chi connectivity index (χ1v) is 18.4. The number of aromatic nitrogens is 2. The zero-order valence-corrected chi connectivity index (χ0v) is 30.1. The van der Waals surface area contributed by atoms with E-state index in [1.165, 1.54) is 25.4 Å². The highest BCUT2D eigenvalue weighted by atomic mass is 32.1. The van der Waals surface area contributed by atoms with Gasteiger partial charge >= 0.3 is 12.2 Å². The fourth-order valence-corrected chi connectivity index (χ4v) is 8.98. The predicted molar refractivity (Wildman–Crippen MR) is 194 cm³/mol. The number of H-pyrrole nitrogens is 1. The van der Waals surface area contributed by atoms with E-state index < -0.39 is 11.2 Å². The standard InChI is InChI=1S/C37H43N5O4S2/c1-36(2,3)45-34(43)41-15-7-9-27(41)25-17-24(20-38-25)22-11-13-23(14-12-22)29-18-31-32(47-29)19-30(48-31)26-21-39-33(40-26)28-10-8-16-42(28)35(44)46-37(4,5)6/h11-14,17-19,21,27-28H,7-10,15-16,20H2,1-6H3,(H,39,40)/t27-,28-/m0/s1. The third kappa shape index (κ3) is 6.80. The first kappa shape index (κ1) is 32.6. The van der Waals surface area contributed by atoms with Gasteiger partial charge < -0.3 is 14.5 Å². The Kier molecular flexibility index (Phi) is 8.48. The highest BCUT2D eigenvalue weighted by Crippen LogP contribution is 2.42.